The molecular weight excluding hydrogens is 456 g/mol. The van der Waals surface area contributed by atoms with Crippen LogP contribution in [0.5, 0.6) is 0 Å². The highest BCUT2D eigenvalue weighted by molar-refractivity contribution is 6.84. The lowest BCUT2D eigenvalue weighted by Crippen LogP contribution is -2.29. The van der Waals surface area contributed by atoms with Crippen LogP contribution in [0.1, 0.15) is 40.1 Å². The standard InChI is InChI=1S/C24H24N4O7/c1-4-27(7-8-29)17-5-6-19(13(2)9-17)25-21-20(14(3)30)26-28(22(21)31)18-11-15(23(32)33)10-16(12-18)24(34)35/h5-6,9-12,29H,4,7-8H2,1-3H3,(H,32,33)(H,34,35). The van der Waals surface area contributed by atoms with Gasteiger partial charge in [-0.15, -0.1) is 0 Å². The quantitative estimate of drug-likeness (QED) is 0.493. The first-order valence-electron chi connectivity index (χ1n) is 10.7. The van der Waals surface area contributed by atoms with Gasteiger partial charge in [0, 0.05) is 25.7 Å². The molecule has 1 heterocycles. The van der Waals surface area contributed by atoms with Gasteiger partial charge in [0.05, 0.1) is 29.1 Å². The van der Waals surface area contributed by atoms with E-state index in [1.807, 2.05) is 17.9 Å². The molecule has 35 heavy (non-hydrogen) atoms. The summed E-state index contributed by atoms with van der Waals surface area (Å²) in [7, 11) is 0. The van der Waals surface area contributed by atoms with Crippen molar-refractivity contribution >= 4 is 52.1 Å². The van der Waals surface area contributed by atoms with Gasteiger partial charge in [0.2, 0.25) is 0 Å². The lowest BCUT2D eigenvalue weighted by atomic mass is 10.1. The first kappa shape index (κ1) is 25.2. The molecule has 0 fully saturated rings. The van der Waals surface area contributed by atoms with Crippen LogP contribution in [-0.2, 0) is 9.59 Å². The number of aromatic carboxylic acids is 2. The number of nitrogens with zero attached hydrogens (tertiary/aromatic N) is 4. The highest BCUT2D eigenvalue weighted by Crippen LogP contribution is 2.28. The average Bonchev–Trinajstić information content (AvgIpc) is 3.14. The molecule has 1 amide bonds. The molecule has 0 aliphatic carbocycles. The number of benzene rings is 2. The Balaban J connectivity index is 2.06. The molecule has 3 N–H and O–H groups in total. The number of aliphatic imine (C=N–C) groups is 1. The Morgan fingerprint density at radius 3 is 2.17 bits per heavy atom. The Hall–Kier alpha value is -4.38. The molecule has 0 radical (unpaired) electrons. The van der Waals surface area contributed by atoms with Crippen LogP contribution in [0.4, 0.5) is 17.1 Å². The number of rotatable bonds is 9. The molecule has 2 aromatic rings. The summed E-state index contributed by atoms with van der Waals surface area (Å²) >= 11 is 0. The molecule has 11 nitrogen and oxygen atoms in total. The summed E-state index contributed by atoms with van der Waals surface area (Å²) in [5, 5.41) is 32.7. The van der Waals surface area contributed by atoms with Gasteiger partial charge in [0.15, 0.2) is 17.2 Å². The van der Waals surface area contributed by atoms with Gasteiger partial charge in [0.1, 0.15) is 0 Å². The number of amides is 1. The normalized spacial score (nSPS) is 14.3. The van der Waals surface area contributed by atoms with E-state index in [1.54, 1.807) is 19.1 Å². The molecule has 3 rings (SSSR count). The summed E-state index contributed by atoms with van der Waals surface area (Å²) in [5.74, 6) is -4.11. The maximum atomic E-state index is 13.2. The van der Waals surface area contributed by atoms with Gasteiger partial charge >= 0.3 is 11.9 Å². The minimum Gasteiger partial charge on any atom is -0.478 e. The Labute approximate surface area is 200 Å². The van der Waals surface area contributed by atoms with Crippen molar-refractivity contribution in [2.24, 2.45) is 10.1 Å². The molecule has 0 bridgehead atoms. The topological polar surface area (TPSA) is 160 Å². The zero-order valence-electron chi connectivity index (χ0n) is 19.3. The summed E-state index contributed by atoms with van der Waals surface area (Å²) in [4.78, 5) is 54.7. The van der Waals surface area contributed by atoms with Gasteiger partial charge in [-0.2, -0.15) is 10.1 Å². The first-order valence-corrected chi connectivity index (χ1v) is 10.7. The largest absolute Gasteiger partial charge is 0.478 e. The molecule has 182 valence electrons. The molecule has 1 aliphatic heterocycles. The van der Waals surface area contributed by atoms with Crippen molar-refractivity contribution in [3.63, 3.8) is 0 Å². The van der Waals surface area contributed by atoms with Gasteiger partial charge < -0.3 is 20.2 Å². The fourth-order valence-corrected chi connectivity index (χ4v) is 3.56. The van der Waals surface area contributed by atoms with Crippen LogP contribution in [0.15, 0.2) is 46.5 Å². The minimum atomic E-state index is -1.39. The number of likely N-dealkylation sites (N-methyl/N-ethyl adjacent to an activating group) is 1. The van der Waals surface area contributed by atoms with E-state index in [9.17, 15) is 34.5 Å². The first-order chi connectivity index (χ1) is 16.6. The number of carbonyl (C=O) groups is 4. The highest BCUT2D eigenvalue weighted by atomic mass is 16.4. The van der Waals surface area contributed by atoms with Crippen LogP contribution in [0, 0.1) is 6.92 Å². The van der Waals surface area contributed by atoms with Gasteiger partial charge in [-0.25, -0.2) is 14.6 Å². The van der Waals surface area contributed by atoms with Crippen molar-refractivity contribution in [1.29, 1.82) is 0 Å². The summed E-state index contributed by atoms with van der Waals surface area (Å²) in [6, 6.07) is 8.45. The number of anilines is 2. The summed E-state index contributed by atoms with van der Waals surface area (Å²) in [5.41, 5.74) is 0.681. The lowest BCUT2D eigenvalue weighted by Gasteiger charge is -2.22. The van der Waals surface area contributed by atoms with Gasteiger partial charge in [-0.05, 0) is 55.8 Å². The third-order valence-electron chi connectivity index (χ3n) is 5.34. The zero-order chi connectivity index (χ0) is 25.9. The van der Waals surface area contributed by atoms with Crippen molar-refractivity contribution in [2.45, 2.75) is 20.8 Å². The Morgan fingerprint density at radius 1 is 1.06 bits per heavy atom. The average molecular weight is 480 g/mol. The number of carboxylic acid groups (broad SMARTS) is 2. The number of Topliss-reactive ketones (excluding diaryl/α,β-unsaturated/α-hetero) is 1. The predicted molar refractivity (Wildman–Crippen MR) is 129 cm³/mol. The molecule has 0 saturated carbocycles. The highest BCUT2D eigenvalue weighted by Gasteiger charge is 2.36. The molecule has 0 saturated heterocycles. The van der Waals surface area contributed by atoms with Crippen molar-refractivity contribution in [2.75, 3.05) is 29.6 Å². The van der Waals surface area contributed by atoms with Crippen molar-refractivity contribution in [3.05, 3.63) is 53.1 Å². The fourth-order valence-electron chi connectivity index (χ4n) is 3.56. The lowest BCUT2D eigenvalue weighted by molar-refractivity contribution is -0.112. The van der Waals surface area contributed by atoms with E-state index in [1.165, 1.54) is 6.92 Å². The third-order valence-corrected chi connectivity index (χ3v) is 5.34. The zero-order valence-corrected chi connectivity index (χ0v) is 19.3. The summed E-state index contributed by atoms with van der Waals surface area (Å²) in [6.07, 6.45) is 0. The number of hydrogen-bond acceptors (Lipinski definition) is 8. The molecule has 0 spiro atoms. The van der Waals surface area contributed by atoms with Crippen LogP contribution < -0.4 is 9.91 Å². The number of aliphatic hydroxyl groups excluding tert-OH is 1. The van der Waals surface area contributed by atoms with Crippen LogP contribution in [0.2, 0.25) is 0 Å². The number of carbonyl (C=O) groups excluding carboxylic acids is 2. The van der Waals surface area contributed by atoms with Gasteiger partial charge in [-0.3, -0.25) is 9.59 Å². The summed E-state index contributed by atoms with van der Waals surface area (Å²) < 4.78 is 0. The van der Waals surface area contributed by atoms with E-state index in [0.717, 1.165) is 28.9 Å². The predicted octanol–water partition coefficient (Wildman–Crippen LogP) is 2.27. The summed E-state index contributed by atoms with van der Waals surface area (Å²) in [6.45, 7) is 6.07. The second-order valence-electron chi connectivity index (χ2n) is 7.74. The number of hydrazone groups is 1. The molecule has 0 aromatic heterocycles. The second kappa shape index (κ2) is 10.3. The monoisotopic (exact) mass is 480 g/mol. The van der Waals surface area contributed by atoms with E-state index in [4.69, 9.17) is 0 Å². The van der Waals surface area contributed by atoms with E-state index in [2.05, 4.69) is 10.1 Å². The van der Waals surface area contributed by atoms with Crippen LogP contribution in [0.25, 0.3) is 0 Å². The van der Waals surface area contributed by atoms with Crippen LogP contribution in [0.3, 0.4) is 0 Å². The molecule has 1 aliphatic rings. The van der Waals surface area contributed by atoms with E-state index >= 15 is 0 Å². The number of carboxylic acids is 2. The molecule has 0 atom stereocenters. The fraction of sp³-hybridized carbons (Fsp3) is 0.250. The van der Waals surface area contributed by atoms with Crippen molar-refractivity contribution in [1.82, 2.24) is 0 Å². The number of aliphatic hydroxyl groups is 1. The maximum absolute atomic E-state index is 13.2. The van der Waals surface area contributed by atoms with Gasteiger partial charge in [-0.1, -0.05) is 0 Å². The molecule has 2 aromatic carbocycles. The maximum Gasteiger partial charge on any atom is 0.335 e. The van der Waals surface area contributed by atoms with Crippen molar-refractivity contribution in [3.8, 4) is 0 Å². The SMILES string of the molecule is CCN(CCO)c1ccc(N=C2C(=O)N(c3cc(C(=O)O)cc(C(=O)O)c3)N=C2C(C)=O)c(C)c1. The Bertz CT molecular complexity index is 1250. The Morgan fingerprint density at radius 2 is 1.69 bits per heavy atom. The minimum absolute atomic E-state index is 0.00756. The molecular formula is C24H24N4O7. The van der Waals surface area contributed by atoms with E-state index in [-0.39, 0.29) is 34.8 Å². The third kappa shape index (κ3) is 5.25. The second-order valence-corrected chi connectivity index (χ2v) is 7.74. The van der Waals surface area contributed by atoms with E-state index in [0.29, 0.717) is 24.3 Å². The number of hydrogen-bond donors (Lipinski definition) is 3. The molecule has 11 heteroatoms. The van der Waals surface area contributed by atoms with Crippen LogP contribution >= 0.6 is 0 Å². The smallest absolute Gasteiger partial charge is 0.335 e. The van der Waals surface area contributed by atoms with Gasteiger partial charge in [0.25, 0.3) is 5.91 Å². The molecule has 0 unspecified atom stereocenters. The van der Waals surface area contributed by atoms with E-state index < -0.39 is 23.6 Å². The van der Waals surface area contributed by atoms with Crippen LogP contribution in [-0.4, -0.2) is 70.1 Å². The van der Waals surface area contributed by atoms with Crippen molar-refractivity contribution < 1.29 is 34.5 Å². The number of aryl methyl sites for hydroxylation is 1. The number of ketones is 1. The Kier molecular flexibility index (Phi) is 7.40.